The average molecular weight is 279 g/mol. The Morgan fingerprint density at radius 1 is 1.21 bits per heavy atom. The molecule has 0 radical (unpaired) electrons. The molecule has 4 nitrogen and oxygen atoms in total. The third-order valence-corrected chi connectivity index (χ3v) is 2.33. The van der Waals surface area contributed by atoms with E-state index in [1.54, 1.807) is 24.3 Å². The monoisotopic (exact) mass is 279 g/mol. The number of nitrogens with one attached hydrogen (secondary N) is 1. The van der Waals surface area contributed by atoms with Crippen molar-refractivity contribution in [2.24, 2.45) is 0 Å². The smallest absolute Gasteiger partial charge is 0.390 e. The zero-order valence-electron chi connectivity index (χ0n) is 10.1. The molecule has 0 bridgehead atoms. The minimum Gasteiger partial charge on any atom is -0.395 e. The summed E-state index contributed by atoms with van der Waals surface area (Å²) in [5.41, 5.74) is 0.778. The fourth-order valence-electron chi connectivity index (χ4n) is 1.45. The predicted molar refractivity (Wildman–Crippen MR) is 61.9 cm³/mol. The molecule has 0 saturated heterocycles. The van der Waals surface area contributed by atoms with Gasteiger partial charge in [0, 0.05) is 6.04 Å². The van der Waals surface area contributed by atoms with Crippen molar-refractivity contribution in [2.45, 2.75) is 31.7 Å². The van der Waals surface area contributed by atoms with Crippen LogP contribution in [0.15, 0.2) is 30.3 Å². The Morgan fingerprint density at radius 2 is 1.84 bits per heavy atom. The Bertz CT molecular complexity index is 359. The first-order valence-corrected chi connectivity index (χ1v) is 5.68. The summed E-state index contributed by atoms with van der Waals surface area (Å²) in [4.78, 5) is 0. The van der Waals surface area contributed by atoms with Gasteiger partial charge >= 0.3 is 6.18 Å². The molecule has 0 aromatic heterocycles. The Kier molecular flexibility index (Phi) is 6.23. The van der Waals surface area contributed by atoms with Crippen LogP contribution in [0.4, 0.5) is 13.2 Å². The van der Waals surface area contributed by atoms with Gasteiger partial charge in [-0.25, -0.2) is 0 Å². The van der Waals surface area contributed by atoms with E-state index in [9.17, 15) is 18.3 Å². The molecule has 1 rings (SSSR count). The first-order valence-electron chi connectivity index (χ1n) is 5.68. The normalized spacial score (nSPS) is 15.2. The van der Waals surface area contributed by atoms with E-state index in [2.05, 4.69) is 5.32 Å². The summed E-state index contributed by atoms with van der Waals surface area (Å²) in [5, 5.41) is 20.3. The highest BCUT2D eigenvalue weighted by Gasteiger charge is 2.32. The average Bonchev–Trinajstić information content (AvgIpc) is 2.35. The molecule has 0 aliphatic heterocycles. The number of aliphatic hydroxyl groups excluding tert-OH is 2. The van der Waals surface area contributed by atoms with Crippen molar-refractivity contribution >= 4 is 0 Å². The van der Waals surface area contributed by atoms with Crippen LogP contribution >= 0.6 is 0 Å². The fourth-order valence-corrected chi connectivity index (χ4v) is 1.45. The van der Waals surface area contributed by atoms with Crippen molar-refractivity contribution in [1.29, 1.82) is 0 Å². The lowest BCUT2D eigenvalue weighted by Crippen LogP contribution is -2.44. The van der Waals surface area contributed by atoms with Crippen LogP contribution < -0.4 is 5.32 Å². The van der Waals surface area contributed by atoms with Gasteiger partial charge < -0.3 is 14.9 Å². The molecule has 2 atom stereocenters. The molecule has 2 unspecified atom stereocenters. The molecule has 0 heterocycles. The second-order valence-electron chi connectivity index (χ2n) is 4.01. The number of aliphatic hydroxyl groups is 2. The van der Waals surface area contributed by atoms with Gasteiger partial charge in [-0.1, -0.05) is 30.3 Å². The largest absolute Gasteiger partial charge is 0.395 e. The van der Waals surface area contributed by atoms with Crippen LogP contribution in [0.5, 0.6) is 0 Å². The van der Waals surface area contributed by atoms with E-state index in [1.807, 2.05) is 6.07 Å². The molecule has 0 aliphatic carbocycles. The van der Waals surface area contributed by atoms with Crippen molar-refractivity contribution in [2.75, 3.05) is 6.61 Å². The molecule has 0 amide bonds. The Balaban J connectivity index is 2.35. The summed E-state index contributed by atoms with van der Waals surface area (Å²) in [6.07, 6.45) is -7.23. The molecule has 108 valence electrons. The van der Waals surface area contributed by atoms with Gasteiger partial charge in [-0.15, -0.1) is 0 Å². The third-order valence-electron chi connectivity index (χ3n) is 2.33. The first kappa shape index (κ1) is 15.9. The van der Waals surface area contributed by atoms with Crippen molar-refractivity contribution in [3.63, 3.8) is 0 Å². The van der Waals surface area contributed by atoms with Gasteiger partial charge in [0.15, 0.2) is 0 Å². The highest BCUT2D eigenvalue weighted by molar-refractivity contribution is 5.13. The molecule has 7 heteroatoms. The van der Waals surface area contributed by atoms with Gasteiger partial charge in [0.1, 0.15) is 0 Å². The fraction of sp³-hybridized carbons (Fsp3) is 0.500. The van der Waals surface area contributed by atoms with E-state index in [4.69, 9.17) is 9.84 Å². The number of hydrogen-bond donors (Lipinski definition) is 3. The lowest BCUT2D eigenvalue weighted by Gasteiger charge is -2.21. The molecule has 0 fully saturated rings. The number of benzene rings is 1. The summed E-state index contributed by atoms with van der Waals surface area (Å²) in [6.45, 7) is -0.690. The van der Waals surface area contributed by atoms with Crippen LogP contribution in [0.3, 0.4) is 0 Å². The van der Waals surface area contributed by atoms with Gasteiger partial charge in [0.2, 0.25) is 6.41 Å². The van der Waals surface area contributed by atoms with Gasteiger partial charge in [-0.05, 0) is 5.56 Å². The molecule has 0 spiro atoms. The zero-order chi connectivity index (χ0) is 14.3. The number of halogens is 3. The lowest BCUT2D eigenvalue weighted by atomic mass is 10.2. The molecular weight excluding hydrogens is 263 g/mol. The van der Waals surface area contributed by atoms with E-state index in [0.29, 0.717) is 0 Å². The van der Waals surface area contributed by atoms with Gasteiger partial charge in [-0.3, -0.25) is 5.32 Å². The molecule has 19 heavy (non-hydrogen) atoms. The number of rotatable bonds is 7. The second-order valence-corrected chi connectivity index (χ2v) is 4.01. The van der Waals surface area contributed by atoms with Gasteiger partial charge in [0.05, 0.1) is 19.6 Å². The van der Waals surface area contributed by atoms with Crippen molar-refractivity contribution in [1.82, 2.24) is 5.32 Å². The van der Waals surface area contributed by atoms with Crippen LogP contribution in [0.2, 0.25) is 0 Å². The maximum atomic E-state index is 12.1. The minimum absolute atomic E-state index is 0.0547. The van der Waals surface area contributed by atoms with E-state index in [0.717, 1.165) is 5.56 Å². The van der Waals surface area contributed by atoms with E-state index < -0.39 is 31.7 Å². The van der Waals surface area contributed by atoms with Crippen LogP contribution in [0.1, 0.15) is 12.0 Å². The summed E-state index contributed by atoms with van der Waals surface area (Å²) >= 11 is 0. The molecule has 3 N–H and O–H groups in total. The van der Waals surface area contributed by atoms with Crippen LogP contribution in [-0.2, 0) is 11.3 Å². The molecule has 1 aromatic rings. The Hall–Kier alpha value is -1.15. The van der Waals surface area contributed by atoms with E-state index in [1.165, 1.54) is 0 Å². The Labute approximate surface area is 108 Å². The quantitative estimate of drug-likeness (QED) is 0.660. The summed E-state index contributed by atoms with van der Waals surface area (Å²) in [5.74, 6) is 0. The maximum absolute atomic E-state index is 12.1. The minimum atomic E-state index is -4.42. The topological polar surface area (TPSA) is 61.7 Å². The molecular formula is C12H16F3NO3. The van der Waals surface area contributed by atoms with Gasteiger partial charge in [-0.2, -0.15) is 13.2 Å². The SMILES string of the molecule is OCC(CC(F)(F)F)NC(O)OCc1ccccc1. The van der Waals surface area contributed by atoms with E-state index >= 15 is 0 Å². The number of hydrogen-bond acceptors (Lipinski definition) is 4. The standard InChI is InChI=1S/C12H16F3NO3/c13-12(14,15)6-10(7-17)16-11(18)19-8-9-4-2-1-3-5-9/h1-5,10-11,16-18H,6-8H2. The summed E-state index contributed by atoms with van der Waals surface area (Å²) < 4.78 is 41.3. The Morgan fingerprint density at radius 3 is 2.37 bits per heavy atom. The zero-order valence-corrected chi connectivity index (χ0v) is 10.1. The summed E-state index contributed by atoms with van der Waals surface area (Å²) in [6, 6.07) is 7.57. The van der Waals surface area contributed by atoms with Crippen LogP contribution in [0, 0.1) is 0 Å². The van der Waals surface area contributed by atoms with E-state index in [-0.39, 0.29) is 6.61 Å². The predicted octanol–water partition coefficient (Wildman–Crippen LogP) is 1.38. The highest BCUT2D eigenvalue weighted by atomic mass is 19.4. The maximum Gasteiger partial charge on any atom is 0.390 e. The number of alkyl halides is 3. The van der Waals surface area contributed by atoms with Crippen molar-refractivity contribution in [3.8, 4) is 0 Å². The highest BCUT2D eigenvalue weighted by Crippen LogP contribution is 2.21. The third kappa shape index (κ3) is 7.12. The molecule has 0 aliphatic rings. The van der Waals surface area contributed by atoms with Gasteiger partial charge in [0.25, 0.3) is 0 Å². The second kappa shape index (κ2) is 7.44. The first-order chi connectivity index (χ1) is 8.90. The van der Waals surface area contributed by atoms with Crippen molar-refractivity contribution in [3.05, 3.63) is 35.9 Å². The summed E-state index contributed by atoms with van der Waals surface area (Å²) in [7, 11) is 0. The number of ether oxygens (including phenoxy) is 1. The lowest BCUT2D eigenvalue weighted by molar-refractivity contribution is -0.164. The molecule has 1 aromatic carbocycles. The molecule has 0 saturated carbocycles. The van der Waals surface area contributed by atoms with Crippen molar-refractivity contribution < 1.29 is 28.1 Å². The van der Waals surface area contributed by atoms with Crippen LogP contribution in [-0.4, -0.2) is 35.5 Å². The van der Waals surface area contributed by atoms with Crippen LogP contribution in [0.25, 0.3) is 0 Å².